The van der Waals surface area contributed by atoms with Gasteiger partial charge in [0.05, 0.1) is 13.1 Å². The average molecular weight is 188 g/mol. The summed E-state index contributed by atoms with van der Waals surface area (Å²) in [5.41, 5.74) is -0.894. The van der Waals surface area contributed by atoms with Crippen molar-refractivity contribution < 1.29 is 0 Å². The first kappa shape index (κ1) is 9.88. The molecule has 1 heterocycles. The molecule has 0 aromatic carbocycles. The number of nitrogens with zero attached hydrogens (tertiary/aromatic N) is 2. The second-order valence-electron chi connectivity index (χ2n) is 2.56. The van der Waals surface area contributed by atoms with Crippen LogP contribution in [-0.4, -0.2) is 9.13 Å². The third kappa shape index (κ3) is 1.75. The van der Waals surface area contributed by atoms with Crippen LogP contribution in [0.1, 0.15) is 0 Å². The highest BCUT2D eigenvalue weighted by atomic mass is 16.2. The van der Waals surface area contributed by atoms with Gasteiger partial charge in [0.15, 0.2) is 0 Å². The molecule has 1 rings (SSSR count). The minimum absolute atomic E-state index is 0.0386. The summed E-state index contributed by atoms with van der Waals surface area (Å²) in [6.45, 7) is 0.0900. The molecule has 0 saturated carbocycles. The van der Waals surface area contributed by atoms with Crippen LogP contribution in [0, 0.1) is 24.7 Å². The standard InChI is InChI=1S/C10H8N2O2/c1-3-6-11-8-5-9(13)12(7-4-2)10(11)14/h1-2,5,8H,6-7H2. The van der Waals surface area contributed by atoms with Gasteiger partial charge in [-0.2, -0.15) is 0 Å². The van der Waals surface area contributed by atoms with Crippen molar-refractivity contribution in [2.75, 3.05) is 0 Å². The van der Waals surface area contributed by atoms with Gasteiger partial charge in [-0.25, -0.2) is 9.36 Å². The van der Waals surface area contributed by atoms with Crippen LogP contribution in [0.2, 0.25) is 0 Å². The van der Waals surface area contributed by atoms with Gasteiger partial charge in [0.2, 0.25) is 0 Å². The lowest BCUT2D eigenvalue weighted by Gasteiger charge is -2.03. The van der Waals surface area contributed by atoms with Crippen LogP contribution in [0.5, 0.6) is 0 Å². The third-order valence-corrected chi connectivity index (χ3v) is 1.65. The monoisotopic (exact) mass is 188 g/mol. The van der Waals surface area contributed by atoms with Crippen molar-refractivity contribution >= 4 is 0 Å². The molecule has 0 atom stereocenters. The zero-order chi connectivity index (χ0) is 10.6. The van der Waals surface area contributed by atoms with Crippen LogP contribution in [0.4, 0.5) is 0 Å². The molecule has 1 aromatic heterocycles. The molecule has 0 amide bonds. The number of aromatic nitrogens is 2. The van der Waals surface area contributed by atoms with Crippen molar-refractivity contribution in [2.24, 2.45) is 0 Å². The molecule has 0 radical (unpaired) electrons. The maximum absolute atomic E-state index is 11.5. The Morgan fingerprint density at radius 2 is 1.86 bits per heavy atom. The number of rotatable bonds is 2. The van der Waals surface area contributed by atoms with Gasteiger partial charge in [0, 0.05) is 12.3 Å². The molecule has 0 N–H and O–H groups in total. The maximum Gasteiger partial charge on any atom is 0.332 e. The molecule has 0 aliphatic rings. The molecule has 0 unspecified atom stereocenters. The molecule has 0 bridgehead atoms. The van der Waals surface area contributed by atoms with Gasteiger partial charge >= 0.3 is 5.69 Å². The molecular weight excluding hydrogens is 180 g/mol. The lowest BCUT2D eigenvalue weighted by atomic mass is 10.5. The van der Waals surface area contributed by atoms with E-state index in [9.17, 15) is 9.59 Å². The summed E-state index contributed by atoms with van der Waals surface area (Å²) in [5, 5.41) is 0. The van der Waals surface area contributed by atoms with E-state index in [-0.39, 0.29) is 13.1 Å². The molecule has 14 heavy (non-hydrogen) atoms. The molecule has 0 aliphatic carbocycles. The quantitative estimate of drug-likeness (QED) is 0.575. The van der Waals surface area contributed by atoms with Gasteiger partial charge in [-0.1, -0.05) is 11.8 Å². The lowest BCUT2D eigenvalue weighted by molar-refractivity contribution is 0.637. The Kier molecular flexibility index (Phi) is 2.93. The van der Waals surface area contributed by atoms with Gasteiger partial charge in [0.25, 0.3) is 5.56 Å². The van der Waals surface area contributed by atoms with E-state index in [4.69, 9.17) is 12.8 Å². The first-order valence-electron chi connectivity index (χ1n) is 3.88. The molecule has 0 spiro atoms. The van der Waals surface area contributed by atoms with E-state index < -0.39 is 11.2 Å². The summed E-state index contributed by atoms with van der Waals surface area (Å²) in [6.07, 6.45) is 11.4. The van der Waals surface area contributed by atoms with Crippen molar-refractivity contribution in [3.05, 3.63) is 33.1 Å². The SMILES string of the molecule is C#CCn1ccc(=O)n(CC#C)c1=O. The third-order valence-electron chi connectivity index (χ3n) is 1.65. The molecule has 0 aliphatic heterocycles. The van der Waals surface area contributed by atoms with Crippen molar-refractivity contribution in [1.82, 2.24) is 9.13 Å². The molecule has 70 valence electrons. The largest absolute Gasteiger partial charge is 0.332 e. The van der Waals surface area contributed by atoms with Crippen LogP contribution in [-0.2, 0) is 13.1 Å². The highest BCUT2D eigenvalue weighted by Gasteiger charge is 2.01. The highest BCUT2D eigenvalue weighted by molar-refractivity contribution is 4.95. The Balaban J connectivity index is 3.37. The van der Waals surface area contributed by atoms with Crippen molar-refractivity contribution in [2.45, 2.75) is 13.1 Å². The van der Waals surface area contributed by atoms with E-state index in [1.165, 1.54) is 16.8 Å². The van der Waals surface area contributed by atoms with E-state index in [2.05, 4.69) is 11.8 Å². The van der Waals surface area contributed by atoms with Crippen molar-refractivity contribution in [1.29, 1.82) is 0 Å². The Bertz CT molecular complexity index is 523. The summed E-state index contributed by atoms with van der Waals surface area (Å²) >= 11 is 0. The van der Waals surface area contributed by atoms with Crippen molar-refractivity contribution in [3.63, 3.8) is 0 Å². The normalized spacial score (nSPS) is 9.00. The average Bonchev–Trinajstić information content (AvgIpc) is 2.17. The van der Waals surface area contributed by atoms with Crippen LogP contribution in [0.25, 0.3) is 0 Å². The van der Waals surface area contributed by atoms with E-state index in [1.807, 2.05) is 0 Å². The summed E-state index contributed by atoms with van der Waals surface area (Å²) in [5.74, 6) is 4.54. The van der Waals surface area contributed by atoms with Gasteiger partial charge in [-0.15, -0.1) is 12.8 Å². The maximum atomic E-state index is 11.5. The Morgan fingerprint density at radius 3 is 2.43 bits per heavy atom. The van der Waals surface area contributed by atoms with Crippen LogP contribution in [0.15, 0.2) is 21.9 Å². The number of terminal acetylenes is 2. The Hall–Kier alpha value is -2.20. The topological polar surface area (TPSA) is 44.0 Å². The van der Waals surface area contributed by atoms with Crippen LogP contribution >= 0.6 is 0 Å². The molecule has 0 fully saturated rings. The second kappa shape index (κ2) is 4.15. The van der Waals surface area contributed by atoms with Gasteiger partial charge < -0.3 is 0 Å². The number of hydrogen-bond acceptors (Lipinski definition) is 2. The number of hydrogen-bond donors (Lipinski definition) is 0. The van der Waals surface area contributed by atoms with E-state index in [1.54, 1.807) is 0 Å². The smallest absolute Gasteiger partial charge is 0.289 e. The molecule has 0 saturated heterocycles. The minimum Gasteiger partial charge on any atom is -0.289 e. The predicted octanol–water partition coefficient (Wildman–Crippen LogP) is -0.724. The summed E-state index contributed by atoms with van der Waals surface area (Å²) in [6, 6.07) is 1.26. The van der Waals surface area contributed by atoms with Crippen LogP contribution < -0.4 is 11.2 Å². The summed E-state index contributed by atoms with van der Waals surface area (Å²) in [7, 11) is 0. The fraction of sp³-hybridized carbons (Fsp3) is 0.200. The van der Waals surface area contributed by atoms with Crippen LogP contribution in [0.3, 0.4) is 0 Å². The lowest BCUT2D eigenvalue weighted by Crippen LogP contribution is -2.38. The molecule has 4 nitrogen and oxygen atoms in total. The zero-order valence-corrected chi connectivity index (χ0v) is 7.43. The van der Waals surface area contributed by atoms with Gasteiger partial charge in [-0.3, -0.25) is 9.36 Å². The molecule has 4 heteroatoms. The fourth-order valence-corrected chi connectivity index (χ4v) is 1.01. The second-order valence-corrected chi connectivity index (χ2v) is 2.56. The highest BCUT2D eigenvalue weighted by Crippen LogP contribution is 1.77. The van der Waals surface area contributed by atoms with Gasteiger partial charge in [-0.05, 0) is 0 Å². The zero-order valence-electron chi connectivity index (χ0n) is 7.43. The first-order valence-corrected chi connectivity index (χ1v) is 3.88. The first-order chi connectivity index (χ1) is 6.70. The summed E-state index contributed by atoms with van der Waals surface area (Å²) in [4.78, 5) is 22.7. The molecule has 1 aromatic rings. The predicted molar refractivity (Wildman–Crippen MR) is 52.6 cm³/mol. The fourth-order valence-electron chi connectivity index (χ4n) is 1.01. The van der Waals surface area contributed by atoms with E-state index in [0.717, 1.165) is 4.57 Å². The summed E-state index contributed by atoms with van der Waals surface area (Å²) < 4.78 is 2.20. The van der Waals surface area contributed by atoms with E-state index in [0.29, 0.717) is 0 Å². The molecular formula is C10H8N2O2. The minimum atomic E-state index is -0.478. The Labute approximate surface area is 80.8 Å². The van der Waals surface area contributed by atoms with Crippen molar-refractivity contribution in [3.8, 4) is 24.7 Å². The Morgan fingerprint density at radius 1 is 1.21 bits per heavy atom. The van der Waals surface area contributed by atoms with E-state index >= 15 is 0 Å². The van der Waals surface area contributed by atoms with Gasteiger partial charge in [0.1, 0.15) is 0 Å².